The number of hydrogen-bond donors (Lipinski definition) is 2. The molecule has 1 fully saturated rings. The van der Waals surface area contributed by atoms with Crippen LogP contribution in [-0.4, -0.2) is 33.9 Å². The van der Waals surface area contributed by atoms with Crippen molar-refractivity contribution in [2.24, 2.45) is 7.05 Å². The van der Waals surface area contributed by atoms with Crippen molar-refractivity contribution in [3.63, 3.8) is 0 Å². The minimum atomic E-state index is -0.243. The molecule has 0 radical (unpaired) electrons. The number of nitrogens with zero attached hydrogens (tertiary/aromatic N) is 3. The molecule has 0 saturated carbocycles. The van der Waals surface area contributed by atoms with Crippen LogP contribution in [0.3, 0.4) is 0 Å². The number of aromatic nitrogens is 2. The molecule has 3 heterocycles. The van der Waals surface area contributed by atoms with E-state index in [2.05, 4.69) is 26.2 Å². The molecule has 110 valence electrons. The minimum Gasteiger partial charge on any atom is -0.389 e. The average Bonchev–Trinajstić information content (AvgIpc) is 2.42. The summed E-state index contributed by atoms with van der Waals surface area (Å²) in [6.07, 6.45) is 3.20. The highest BCUT2D eigenvalue weighted by atomic mass is 79.9. The lowest BCUT2D eigenvalue weighted by Gasteiger charge is -2.37. The smallest absolute Gasteiger partial charge is 0.274 e. The van der Waals surface area contributed by atoms with E-state index in [9.17, 15) is 9.90 Å². The van der Waals surface area contributed by atoms with Gasteiger partial charge in [-0.15, -0.1) is 0 Å². The maximum Gasteiger partial charge on any atom is 0.274 e. The zero-order valence-corrected chi connectivity index (χ0v) is 13.0. The number of aliphatic hydroxyl groups is 1. The molecule has 3 rings (SSSR count). The van der Waals surface area contributed by atoms with Gasteiger partial charge in [-0.2, -0.15) is 0 Å². The first-order valence-electron chi connectivity index (χ1n) is 6.55. The molecule has 0 unspecified atom stereocenters. The number of nitrogens with one attached hydrogen (secondary N) is 1. The molecular formula is C14H15BrN4O2. The number of β-amino-alcohol motifs (C(OH)–C–C–N with tert-alkyl or cyclic N) is 1. The molecule has 0 bridgehead atoms. The Kier molecular flexibility index (Phi) is 3.69. The van der Waals surface area contributed by atoms with Crippen LogP contribution >= 0.6 is 15.9 Å². The fourth-order valence-corrected chi connectivity index (χ4v) is 2.75. The predicted molar refractivity (Wildman–Crippen MR) is 85.1 cm³/mol. The van der Waals surface area contributed by atoms with Crippen LogP contribution in [0.15, 0.2) is 39.9 Å². The van der Waals surface area contributed by atoms with Crippen molar-refractivity contribution in [1.29, 1.82) is 0 Å². The lowest BCUT2D eigenvalue weighted by molar-refractivity contribution is 0.142. The summed E-state index contributed by atoms with van der Waals surface area (Å²) < 4.78 is 2.32. The van der Waals surface area contributed by atoms with Crippen LogP contribution in [0.25, 0.3) is 0 Å². The lowest BCUT2D eigenvalue weighted by atomic mass is 10.1. The van der Waals surface area contributed by atoms with Gasteiger partial charge in [0.05, 0.1) is 18.0 Å². The summed E-state index contributed by atoms with van der Waals surface area (Å²) in [6, 6.07) is 5.47. The van der Waals surface area contributed by atoms with E-state index in [0.717, 1.165) is 10.2 Å². The molecule has 2 aromatic rings. The molecule has 1 aliphatic heterocycles. The van der Waals surface area contributed by atoms with Crippen LogP contribution < -0.4 is 15.8 Å². The van der Waals surface area contributed by atoms with E-state index in [1.165, 1.54) is 4.57 Å². The molecule has 1 aliphatic rings. The van der Waals surface area contributed by atoms with Gasteiger partial charge < -0.3 is 19.9 Å². The molecule has 2 N–H and O–H groups in total. The van der Waals surface area contributed by atoms with Gasteiger partial charge in [0.1, 0.15) is 11.5 Å². The van der Waals surface area contributed by atoms with Crippen molar-refractivity contribution in [2.45, 2.75) is 6.10 Å². The number of aryl methyl sites for hydroxylation is 1. The second-order valence-electron chi connectivity index (χ2n) is 5.07. The largest absolute Gasteiger partial charge is 0.389 e. The Morgan fingerprint density at radius 3 is 2.81 bits per heavy atom. The van der Waals surface area contributed by atoms with E-state index < -0.39 is 0 Å². The maximum absolute atomic E-state index is 12.0. The molecule has 7 heteroatoms. The molecule has 1 saturated heterocycles. The van der Waals surface area contributed by atoms with Gasteiger partial charge in [0, 0.05) is 30.8 Å². The third-order valence-corrected chi connectivity index (χ3v) is 3.82. The molecule has 21 heavy (non-hydrogen) atoms. The summed E-state index contributed by atoms with van der Waals surface area (Å²) in [5.41, 5.74) is 1.31. The van der Waals surface area contributed by atoms with Crippen LogP contribution in [0.4, 0.5) is 17.2 Å². The Bertz CT molecular complexity index is 708. The molecule has 0 aromatic carbocycles. The van der Waals surface area contributed by atoms with Gasteiger partial charge in [-0.1, -0.05) is 0 Å². The second-order valence-corrected chi connectivity index (χ2v) is 5.99. The van der Waals surface area contributed by atoms with Crippen molar-refractivity contribution in [1.82, 2.24) is 9.55 Å². The third-order valence-electron chi connectivity index (χ3n) is 3.39. The van der Waals surface area contributed by atoms with E-state index in [1.54, 1.807) is 25.5 Å². The van der Waals surface area contributed by atoms with E-state index >= 15 is 0 Å². The van der Waals surface area contributed by atoms with Crippen LogP contribution in [0.2, 0.25) is 0 Å². The highest BCUT2D eigenvalue weighted by Crippen LogP contribution is 2.22. The van der Waals surface area contributed by atoms with Crippen LogP contribution in [0.5, 0.6) is 0 Å². The van der Waals surface area contributed by atoms with Gasteiger partial charge in [0.2, 0.25) is 0 Å². The van der Waals surface area contributed by atoms with Crippen LogP contribution in [0.1, 0.15) is 0 Å². The van der Waals surface area contributed by atoms with Crippen molar-refractivity contribution < 1.29 is 5.11 Å². The zero-order chi connectivity index (χ0) is 15.0. The fraction of sp³-hybridized carbons (Fsp3) is 0.286. The molecule has 0 aliphatic carbocycles. The SMILES string of the molecule is Cn1cc(Br)cc(Nc2ccc(N3CC(O)C3)cn2)c1=O. The summed E-state index contributed by atoms with van der Waals surface area (Å²) in [4.78, 5) is 18.4. The van der Waals surface area contributed by atoms with Crippen molar-refractivity contribution in [2.75, 3.05) is 23.3 Å². The van der Waals surface area contributed by atoms with Gasteiger partial charge in [0.25, 0.3) is 5.56 Å². The standard InChI is InChI=1S/C14H15BrN4O2/c1-18-6-9(15)4-12(14(18)21)17-13-3-2-10(5-16-13)19-7-11(20)8-19/h2-6,11,20H,7-8H2,1H3,(H,16,17). The zero-order valence-electron chi connectivity index (χ0n) is 11.5. The first-order chi connectivity index (χ1) is 10.0. The number of anilines is 3. The summed E-state index contributed by atoms with van der Waals surface area (Å²) in [5, 5.41) is 12.3. The van der Waals surface area contributed by atoms with Crippen LogP contribution in [0, 0.1) is 0 Å². The first kappa shape index (κ1) is 14.1. The summed E-state index contributed by atoms with van der Waals surface area (Å²) in [6.45, 7) is 1.28. The monoisotopic (exact) mass is 350 g/mol. The molecule has 6 nitrogen and oxygen atoms in total. The maximum atomic E-state index is 12.0. The van der Waals surface area contributed by atoms with E-state index in [1.807, 2.05) is 17.0 Å². The Labute approximate surface area is 130 Å². The van der Waals surface area contributed by atoms with E-state index in [-0.39, 0.29) is 11.7 Å². The van der Waals surface area contributed by atoms with Crippen molar-refractivity contribution in [3.05, 3.63) is 45.4 Å². The van der Waals surface area contributed by atoms with Gasteiger partial charge in [-0.05, 0) is 34.1 Å². The van der Waals surface area contributed by atoms with Crippen molar-refractivity contribution in [3.8, 4) is 0 Å². The second kappa shape index (κ2) is 5.50. The Morgan fingerprint density at radius 1 is 1.43 bits per heavy atom. The number of halogens is 1. The first-order valence-corrected chi connectivity index (χ1v) is 7.34. The van der Waals surface area contributed by atoms with E-state index in [4.69, 9.17) is 0 Å². The van der Waals surface area contributed by atoms with Gasteiger partial charge >= 0.3 is 0 Å². The summed E-state index contributed by atoms with van der Waals surface area (Å²) in [5.74, 6) is 0.607. The molecule has 2 aromatic heterocycles. The number of pyridine rings is 2. The topological polar surface area (TPSA) is 70.4 Å². The summed E-state index contributed by atoms with van der Waals surface area (Å²) >= 11 is 3.36. The predicted octanol–water partition coefficient (Wildman–Crippen LogP) is 1.47. The molecule has 0 spiro atoms. The third kappa shape index (κ3) is 2.93. The highest BCUT2D eigenvalue weighted by Gasteiger charge is 2.24. The van der Waals surface area contributed by atoms with E-state index in [0.29, 0.717) is 24.6 Å². The highest BCUT2D eigenvalue weighted by molar-refractivity contribution is 9.10. The Morgan fingerprint density at radius 2 is 2.19 bits per heavy atom. The normalized spacial score (nSPS) is 14.9. The molecule has 0 amide bonds. The van der Waals surface area contributed by atoms with Gasteiger partial charge in [-0.25, -0.2) is 4.98 Å². The minimum absolute atomic E-state index is 0.116. The number of aliphatic hydroxyl groups excluding tert-OH is 1. The Hall–Kier alpha value is -1.86. The number of rotatable bonds is 3. The average molecular weight is 351 g/mol. The fourth-order valence-electron chi connectivity index (χ4n) is 2.21. The summed E-state index contributed by atoms with van der Waals surface area (Å²) in [7, 11) is 1.70. The lowest BCUT2D eigenvalue weighted by Crippen LogP contribution is -2.50. The number of hydrogen-bond acceptors (Lipinski definition) is 5. The van der Waals surface area contributed by atoms with Crippen LogP contribution in [-0.2, 0) is 7.05 Å². The molecular weight excluding hydrogens is 336 g/mol. The van der Waals surface area contributed by atoms with Gasteiger partial charge in [-0.3, -0.25) is 4.79 Å². The Balaban J connectivity index is 1.78. The molecule has 0 atom stereocenters. The van der Waals surface area contributed by atoms with Crippen molar-refractivity contribution >= 4 is 33.1 Å². The van der Waals surface area contributed by atoms with Gasteiger partial charge in [0.15, 0.2) is 0 Å². The quantitative estimate of drug-likeness (QED) is 0.876.